The number of hydrogen-bond donors (Lipinski definition) is 0. The van der Waals surface area contributed by atoms with Gasteiger partial charge >= 0.3 is 12.2 Å². The van der Waals surface area contributed by atoms with E-state index in [1.54, 1.807) is 45.2 Å². The van der Waals surface area contributed by atoms with Gasteiger partial charge in [0.1, 0.15) is 6.33 Å². The summed E-state index contributed by atoms with van der Waals surface area (Å²) < 4.78 is 40.2. The molecule has 28 heavy (non-hydrogen) atoms. The number of carbonyl (C=O) groups is 1. The predicted octanol–water partition coefficient (Wildman–Crippen LogP) is 5.03. The van der Waals surface area contributed by atoms with E-state index in [0.29, 0.717) is 11.6 Å². The summed E-state index contributed by atoms with van der Waals surface area (Å²) >= 11 is 5.86. The highest BCUT2D eigenvalue weighted by atomic mass is 35.5. The molecule has 152 valence electrons. The van der Waals surface area contributed by atoms with Crippen LogP contribution >= 0.6 is 11.6 Å². The maximum Gasteiger partial charge on any atom is 0.433 e. The number of halogens is 4. The van der Waals surface area contributed by atoms with E-state index in [4.69, 9.17) is 11.6 Å². The molecule has 1 aromatic carbocycles. The van der Waals surface area contributed by atoms with E-state index >= 15 is 0 Å². The lowest BCUT2D eigenvalue weighted by molar-refractivity contribution is -0.142. The highest BCUT2D eigenvalue weighted by Gasteiger charge is 2.40. The summed E-state index contributed by atoms with van der Waals surface area (Å²) in [6, 6.07) is 5.76. The first kappa shape index (κ1) is 21.9. The third-order valence-corrected chi connectivity index (χ3v) is 4.59. The Hall–Kier alpha value is -2.35. The van der Waals surface area contributed by atoms with Crippen LogP contribution in [0.5, 0.6) is 0 Å². The molecule has 0 bridgehead atoms. The molecule has 0 saturated heterocycles. The number of rotatable bonds is 5. The molecule has 0 fully saturated rings. The zero-order valence-corrected chi connectivity index (χ0v) is 16.8. The topological polar surface area (TPSA) is 49.3 Å². The van der Waals surface area contributed by atoms with E-state index in [9.17, 15) is 18.0 Å². The van der Waals surface area contributed by atoms with Crippen LogP contribution in [0.2, 0.25) is 5.02 Å². The first-order valence-electron chi connectivity index (χ1n) is 8.61. The average molecular weight is 415 g/mol. The highest BCUT2D eigenvalue weighted by molar-refractivity contribution is 6.30. The lowest BCUT2D eigenvalue weighted by Crippen LogP contribution is -2.42. The lowest BCUT2D eigenvalue weighted by atomic mass is 9.94. The van der Waals surface area contributed by atoms with Crippen molar-refractivity contribution < 1.29 is 18.0 Å². The second-order valence-corrected chi connectivity index (χ2v) is 7.33. The maximum absolute atomic E-state index is 13.4. The van der Waals surface area contributed by atoms with Crippen molar-refractivity contribution in [1.82, 2.24) is 19.8 Å². The summed E-state index contributed by atoms with van der Waals surface area (Å²) in [5.74, 6) is -0.287. The molecule has 0 aliphatic rings. The van der Waals surface area contributed by atoms with E-state index < -0.39 is 23.9 Å². The number of hydrogen-bond acceptors (Lipinski definition) is 3. The molecule has 2 aromatic rings. The van der Waals surface area contributed by atoms with Crippen molar-refractivity contribution in [3.05, 3.63) is 58.6 Å². The Kier molecular flexibility index (Phi) is 6.87. The summed E-state index contributed by atoms with van der Waals surface area (Å²) in [5.41, 5.74) is -0.296. The van der Waals surface area contributed by atoms with Crippen molar-refractivity contribution in [2.24, 2.45) is 5.92 Å². The zero-order chi connectivity index (χ0) is 21.1. The van der Waals surface area contributed by atoms with Crippen molar-refractivity contribution in [2.75, 3.05) is 14.1 Å². The van der Waals surface area contributed by atoms with E-state index in [0.717, 1.165) is 18.1 Å². The molecular weight excluding hydrogens is 393 g/mol. The number of benzene rings is 1. The van der Waals surface area contributed by atoms with Gasteiger partial charge in [-0.3, -0.25) is 0 Å². The average Bonchev–Trinajstić information content (AvgIpc) is 2.62. The van der Waals surface area contributed by atoms with Gasteiger partial charge in [0.15, 0.2) is 5.69 Å². The number of carbonyl (C=O) groups excluding carboxylic acids is 1. The minimum absolute atomic E-state index is 0.124. The lowest BCUT2D eigenvalue weighted by Gasteiger charge is -2.35. The quantitative estimate of drug-likeness (QED) is 0.689. The molecular formula is C19H22ClF3N4O. The molecule has 0 aliphatic carbocycles. The van der Waals surface area contributed by atoms with Gasteiger partial charge in [-0.05, 0) is 23.6 Å². The Bertz CT molecular complexity index is 812. The number of nitrogens with zero attached hydrogens (tertiary/aromatic N) is 4. The fourth-order valence-corrected chi connectivity index (χ4v) is 3.25. The van der Waals surface area contributed by atoms with Crippen molar-refractivity contribution in [2.45, 2.75) is 32.6 Å². The Balaban J connectivity index is 2.29. The summed E-state index contributed by atoms with van der Waals surface area (Å²) in [6.07, 6.45) is -2.65. The maximum atomic E-state index is 13.4. The summed E-state index contributed by atoms with van der Waals surface area (Å²) in [4.78, 5) is 22.8. The highest BCUT2D eigenvalue weighted by Crippen LogP contribution is 2.37. The molecule has 0 saturated carbocycles. The van der Waals surface area contributed by atoms with Gasteiger partial charge in [0.2, 0.25) is 0 Å². The van der Waals surface area contributed by atoms with Crippen LogP contribution < -0.4 is 0 Å². The third-order valence-electron chi connectivity index (χ3n) is 4.34. The molecule has 1 aromatic heterocycles. The molecule has 5 nitrogen and oxygen atoms in total. The van der Waals surface area contributed by atoms with E-state index in [1.165, 1.54) is 16.8 Å². The molecule has 9 heteroatoms. The SMILES string of the molecule is CC(C)C(c1cncnc1C(F)(F)F)N(C)C(=O)N(C)Cc1ccc(Cl)cc1. The second-order valence-electron chi connectivity index (χ2n) is 6.89. The molecule has 0 spiro atoms. The standard InChI is InChI=1S/C19H22ClF3N4O/c1-12(2)16(15-9-24-11-25-17(15)19(21,22)23)27(4)18(28)26(3)10-13-5-7-14(20)8-6-13/h5-9,11-12,16H,10H2,1-4H3. The van der Waals surface area contributed by atoms with Gasteiger partial charge < -0.3 is 9.80 Å². The van der Waals surface area contributed by atoms with Crippen LogP contribution in [0.3, 0.4) is 0 Å². The van der Waals surface area contributed by atoms with Gasteiger partial charge in [-0.2, -0.15) is 13.2 Å². The smallest absolute Gasteiger partial charge is 0.323 e. The Morgan fingerprint density at radius 3 is 2.32 bits per heavy atom. The monoisotopic (exact) mass is 414 g/mol. The molecule has 1 atom stereocenters. The Morgan fingerprint density at radius 1 is 1.18 bits per heavy atom. The van der Waals surface area contributed by atoms with Gasteiger partial charge in [0.25, 0.3) is 0 Å². The minimum atomic E-state index is -4.63. The fraction of sp³-hybridized carbons (Fsp3) is 0.421. The fourth-order valence-electron chi connectivity index (χ4n) is 3.13. The van der Waals surface area contributed by atoms with E-state index in [2.05, 4.69) is 9.97 Å². The first-order chi connectivity index (χ1) is 13.0. The Morgan fingerprint density at radius 2 is 1.79 bits per heavy atom. The molecule has 1 heterocycles. The molecule has 0 radical (unpaired) electrons. The first-order valence-corrected chi connectivity index (χ1v) is 8.99. The van der Waals surface area contributed by atoms with Gasteiger partial charge in [-0.1, -0.05) is 37.6 Å². The number of aromatic nitrogens is 2. The van der Waals surface area contributed by atoms with E-state index in [-0.39, 0.29) is 11.5 Å². The molecule has 0 N–H and O–H groups in total. The van der Waals surface area contributed by atoms with Gasteiger partial charge in [-0.25, -0.2) is 14.8 Å². The van der Waals surface area contributed by atoms with Crippen LogP contribution in [0.1, 0.15) is 36.7 Å². The van der Waals surface area contributed by atoms with Crippen LogP contribution in [0.15, 0.2) is 36.8 Å². The summed E-state index contributed by atoms with van der Waals surface area (Å²) in [7, 11) is 3.08. The number of alkyl halides is 3. The summed E-state index contributed by atoms with van der Waals surface area (Å²) in [5, 5.41) is 0.582. The van der Waals surface area contributed by atoms with Crippen LogP contribution in [0, 0.1) is 5.92 Å². The largest absolute Gasteiger partial charge is 0.433 e. The summed E-state index contributed by atoms with van der Waals surface area (Å²) in [6.45, 7) is 3.80. The van der Waals surface area contributed by atoms with Crippen LogP contribution in [0.4, 0.5) is 18.0 Å². The van der Waals surface area contributed by atoms with Crippen LogP contribution in [0.25, 0.3) is 0 Å². The van der Waals surface area contributed by atoms with Crippen molar-refractivity contribution in [1.29, 1.82) is 0 Å². The normalized spacial score (nSPS) is 12.8. The van der Waals surface area contributed by atoms with Gasteiger partial charge in [0.05, 0.1) is 6.04 Å². The number of amides is 2. The Labute approximate surface area is 167 Å². The minimum Gasteiger partial charge on any atom is -0.323 e. The predicted molar refractivity (Wildman–Crippen MR) is 101 cm³/mol. The zero-order valence-electron chi connectivity index (χ0n) is 16.0. The van der Waals surface area contributed by atoms with Gasteiger partial charge in [-0.15, -0.1) is 0 Å². The second kappa shape index (κ2) is 8.77. The number of urea groups is 1. The van der Waals surface area contributed by atoms with Crippen molar-refractivity contribution in [3.63, 3.8) is 0 Å². The van der Waals surface area contributed by atoms with Crippen molar-refractivity contribution in [3.8, 4) is 0 Å². The van der Waals surface area contributed by atoms with Crippen LogP contribution in [-0.4, -0.2) is 39.9 Å². The molecule has 0 aliphatic heterocycles. The van der Waals surface area contributed by atoms with Crippen molar-refractivity contribution >= 4 is 17.6 Å². The molecule has 2 amide bonds. The third kappa shape index (κ3) is 5.13. The van der Waals surface area contributed by atoms with E-state index in [1.807, 2.05) is 0 Å². The molecule has 2 rings (SSSR count). The van der Waals surface area contributed by atoms with Gasteiger partial charge in [0, 0.05) is 37.4 Å². The van der Waals surface area contributed by atoms with Crippen LogP contribution in [-0.2, 0) is 12.7 Å². The molecule has 1 unspecified atom stereocenters.